The first-order chi connectivity index (χ1) is 10.3. The van der Waals surface area contributed by atoms with E-state index >= 15 is 0 Å². The molecule has 0 aliphatic heterocycles. The van der Waals surface area contributed by atoms with Crippen LogP contribution in [0.1, 0.15) is 20.7 Å². The predicted molar refractivity (Wildman–Crippen MR) is 77.2 cm³/mol. The summed E-state index contributed by atoms with van der Waals surface area (Å²) in [5, 5.41) is 0. The van der Waals surface area contributed by atoms with Gasteiger partial charge in [0.15, 0.2) is 0 Å². The van der Waals surface area contributed by atoms with Crippen molar-refractivity contribution in [2.75, 3.05) is 13.2 Å². The Kier molecular flexibility index (Phi) is 6.02. The Balaban J connectivity index is 3.28. The molecule has 0 saturated carbocycles. The molecule has 0 aromatic heterocycles. The summed E-state index contributed by atoms with van der Waals surface area (Å²) < 4.78 is 41.2. The third-order valence-corrected chi connectivity index (χ3v) is 3.29. The maximum absolute atomic E-state index is 11.8. The van der Waals surface area contributed by atoms with Crippen LogP contribution in [0.4, 0.5) is 0 Å². The average molecular weight is 326 g/mol. The van der Waals surface area contributed by atoms with E-state index in [-0.39, 0.29) is 18.8 Å². The topological polar surface area (TPSA) is 107 Å². The summed E-state index contributed by atoms with van der Waals surface area (Å²) in [7, 11) is -4.66. The van der Waals surface area contributed by atoms with E-state index in [4.69, 9.17) is 14.0 Å². The Bertz CT molecular complexity index is 704. The monoisotopic (exact) mass is 326 g/mol. The first-order valence-electron chi connectivity index (χ1n) is 5.98. The summed E-state index contributed by atoms with van der Waals surface area (Å²) in [6, 6.07) is 3.00. The van der Waals surface area contributed by atoms with E-state index in [9.17, 15) is 18.0 Å². The predicted octanol–water partition coefficient (Wildman–Crippen LogP) is 1.62. The van der Waals surface area contributed by atoms with Gasteiger partial charge in [0.1, 0.15) is 18.1 Å². The molecule has 0 heterocycles. The Morgan fingerprint density at radius 2 is 1.64 bits per heavy atom. The van der Waals surface area contributed by atoms with Crippen molar-refractivity contribution < 1.29 is 32.0 Å². The van der Waals surface area contributed by atoms with Crippen LogP contribution in [-0.4, -0.2) is 38.1 Å². The van der Waals surface area contributed by atoms with Gasteiger partial charge in [-0.1, -0.05) is 25.3 Å². The molecule has 8 heteroatoms. The van der Waals surface area contributed by atoms with Gasteiger partial charge in [0.05, 0.1) is 11.1 Å². The summed E-state index contributed by atoms with van der Waals surface area (Å²) in [4.78, 5) is 22.9. The van der Waals surface area contributed by atoms with Crippen molar-refractivity contribution in [1.82, 2.24) is 0 Å². The Morgan fingerprint density at radius 3 is 2.14 bits per heavy atom. The smallest absolute Gasteiger partial charge is 0.339 e. The van der Waals surface area contributed by atoms with Gasteiger partial charge in [0.2, 0.25) is 0 Å². The van der Waals surface area contributed by atoms with Crippen LogP contribution in [0, 0.1) is 0 Å². The largest absolute Gasteiger partial charge is 0.458 e. The van der Waals surface area contributed by atoms with E-state index in [2.05, 4.69) is 13.2 Å². The van der Waals surface area contributed by atoms with Crippen LogP contribution < -0.4 is 0 Å². The molecular formula is C14H14O7S. The van der Waals surface area contributed by atoms with Gasteiger partial charge in [0.25, 0.3) is 10.1 Å². The number of hydrogen-bond acceptors (Lipinski definition) is 6. The van der Waals surface area contributed by atoms with Crippen molar-refractivity contribution >= 4 is 22.1 Å². The molecule has 7 nitrogen and oxygen atoms in total. The second-order valence-electron chi connectivity index (χ2n) is 3.96. The average Bonchev–Trinajstić information content (AvgIpc) is 2.48. The fraction of sp³-hybridized carbons (Fsp3) is 0.143. The van der Waals surface area contributed by atoms with Crippen molar-refractivity contribution in [3.05, 3.63) is 54.6 Å². The SMILES string of the molecule is C=CCOC(=O)c1ccc(S(=O)(=O)O)c(C(=O)OCC=C)c1. The van der Waals surface area contributed by atoms with Gasteiger partial charge < -0.3 is 9.47 Å². The molecule has 0 saturated heterocycles. The van der Waals surface area contributed by atoms with Crippen molar-refractivity contribution in [2.24, 2.45) is 0 Å². The highest BCUT2D eigenvalue weighted by Crippen LogP contribution is 2.19. The van der Waals surface area contributed by atoms with Gasteiger partial charge in [-0.3, -0.25) is 4.55 Å². The molecule has 1 aromatic rings. The molecule has 0 spiro atoms. The lowest BCUT2D eigenvalue weighted by Crippen LogP contribution is -2.14. The Labute approximate surface area is 127 Å². The van der Waals surface area contributed by atoms with E-state index in [1.807, 2.05) is 0 Å². The number of carbonyl (C=O) groups is 2. The zero-order valence-corrected chi connectivity index (χ0v) is 12.3. The summed E-state index contributed by atoms with van der Waals surface area (Å²) >= 11 is 0. The second kappa shape index (κ2) is 7.53. The van der Waals surface area contributed by atoms with Crippen LogP contribution in [0.2, 0.25) is 0 Å². The highest BCUT2D eigenvalue weighted by atomic mass is 32.2. The zero-order chi connectivity index (χ0) is 16.8. The Hall–Kier alpha value is -2.45. The van der Waals surface area contributed by atoms with Gasteiger partial charge in [-0.25, -0.2) is 9.59 Å². The highest BCUT2D eigenvalue weighted by molar-refractivity contribution is 7.86. The van der Waals surface area contributed by atoms with Gasteiger partial charge in [-0.15, -0.1) is 0 Å². The summed E-state index contributed by atoms with van der Waals surface area (Å²) in [5.74, 6) is -1.80. The number of rotatable bonds is 7. The minimum atomic E-state index is -4.66. The molecule has 0 amide bonds. The number of carbonyl (C=O) groups excluding carboxylic acids is 2. The van der Waals surface area contributed by atoms with Crippen LogP contribution in [0.5, 0.6) is 0 Å². The van der Waals surface area contributed by atoms with Gasteiger partial charge in [-0.05, 0) is 18.2 Å². The molecule has 0 bridgehead atoms. The third-order valence-electron chi connectivity index (χ3n) is 2.38. The van der Waals surface area contributed by atoms with Crippen LogP contribution in [0.15, 0.2) is 48.4 Å². The summed E-state index contributed by atoms with van der Waals surface area (Å²) in [5.41, 5.74) is -0.544. The maximum atomic E-state index is 11.8. The number of hydrogen-bond donors (Lipinski definition) is 1. The molecule has 0 fully saturated rings. The van der Waals surface area contributed by atoms with Crippen molar-refractivity contribution in [3.8, 4) is 0 Å². The van der Waals surface area contributed by atoms with Crippen molar-refractivity contribution in [1.29, 1.82) is 0 Å². The molecular weight excluding hydrogens is 312 g/mol. The van der Waals surface area contributed by atoms with E-state index < -0.39 is 32.5 Å². The molecule has 0 atom stereocenters. The molecule has 22 heavy (non-hydrogen) atoms. The van der Waals surface area contributed by atoms with Gasteiger partial charge in [0, 0.05) is 0 Å². The standard InChI is InChI=1S/C14H14O7S/c1-3-7-20-13(15)10-5-6-12(22(17,18)19)11(9-10)14(16)21-8-4-2/h3-6,9H,1-2,7-8H2,(H,17,18,19). The number of esters is 2. The summed E-state index contributed by atoms with van der Waals surface area (Å²) in [6.07, 6.45) is 2.64. The minimum Gasteiger partial charge on any atom is -0.458 e. The fourth-order valence-electron chi connectivity index (χ4n) is 1.47. The second-order valence-corrected chi connectivity index (χ2v) is 5.35. The first kappa shape index (κ1) is 17.6. The lowest BCUT2D eigenvalue weighted by Gasteiger charge is -2.09. The van der Waals surface area contributed by atoms with Crippen LogP contribution in [-0.2, 0) is 19.6 Å². The highest BCUT2D eigenvalue weighted by Gasteiger charge is 2.23. The molecule has 0 unspecified atom stereocenters. The summed E-state index contributed by atoms with van der Waals surface area (Å²) in [6.45, 7) is 6.52. The minimum absolute atomic E-state index is 0.0465. The van der Waals surface area contributed by atoms with Crippen LogP contribution >= 0.6 is 0 Å². The maximum Gasteiger partial charge on any atom is 0.339 e. The van der Waals surface area contributed by atoms with Gasteiger partial charge >= 0.3 is 11.9 Å². The third kappa shape index (κ3) is 4.54. The van der Waals surface area contributed by atoms with E-state index in [0.29, 0.717) is 0 Å². The van der Waals surface area contributed by atoms with E-state index in [1.165, 1.54) is 12.2 Å². The molecule has 0 radical (unpaired) electrons. The fourth-order valence-corrected chi connectivity index (χ4v) is 2.13. The molecule has 0 aliphatic carbocycles. The lowest BCUT2D eigenvalue weighted by atomic mass is 10.1. The van der Waals surface area contributed by atoms with Gasteiger partial charge in [-0.2, -0.15) is 8.42 Å². The lowest BCUT2D eigenvalue weighted by molar-refractivity contribution is 0.0544. The van der Waals surface area contributed by atoms with Crippen LogP contribution in [0.3, 0.4) is 0 Å². The molecule has 1 aromatic carbocycles. The first-order valence-corrected chi connectivity index (χ1v) is 7.42. The molecule has 118 valence electrons. The quantitative estimate of drug-likeness (QED) is 0.461. The van der Waals surface area contributed by atoms with Crippen molar-refractivity contribution in [2.45, 2.75) is 4.90 Å². The molecule has 1 N–H and O–H groups in total. The van der Waals surface area contributed by atoms with E-state index in [0.717, 1.165) is 18.2 Å². The molecule has 1 rings (SSSR count). The molecule has 0 aliphatic rings. The number of benzene rings is 1. The normalized spacial score (nSPS) is 10.6. The van der Waals surface area contributed by atoms with E-state index in [1.54, 1.807) is 0 Å². The van der Waals surface area contributed by atoms with Crippen LogP contribution in [0.25, 0.3) is 0 Å². The number of ether oxygens (including phenoxy) is 2. The zero-order valence-electron chi connectivity index (χ0n) is 11.5. The Morgan fingerprint density at radius 1 is 1.09 bits per heavy atom. The van der Waals surface area contributed by atoms with Crippen molar-refractivity contribution in [3.63, 3.8) is 0 Å².